The van der Waals surface area contributed by atoms with E-state index in [1.807, 2.05) is 36.4 Å². The van der Waals surface area contributed by atoms with E-state index < -0.39 is 0 Å². The number of amides is 2. The van der Waals surface area contributed by atoms with E-state index in [-0.39, 0.29) is 17.5 Å². The van der Waals surface area contributed by atoms with Crippen molar-refractivity contribution in [2.24, 2.45) is 0 Å². The van der Waals surface area contributed by atoms with Crippen molar-refractivity contribution in [3.05, 3.63) is 89.2 Å². The van der Waals surface area contributed by atoms with Crippen LogP contribution < -0.4 is 10.6 Å². The molecule has 5 nitrogen and oxygen atoms in total. The molecule has 0 aliphatic carbocycles. The summed E-state index contributed by atoms with van der Waals surface area (Å²) in [6.45, 7) is 4.39. The maximum Gasteiger partial charge on any atom is 0.274 e. The highest BCUT2D eigenvalue weighted by Crippen LogP contribution is 2.15. The summed E-state index contributed by atoms with van der Waals surface area (Å²) in [6, 6.07) is 19.0. The first-order valence-electron chi connectivity index (χ1n) is 12.4. The van der Waals surface area contributed by atoms with Gasteiger partial charge in [-0.05, 0) is 73.2 Å². The Morgan fingerprint density at radius 2 is 1.15 bits per heavy atom. The lowest BCUT2D eigenvalue weighted by Crippen LogP contribution is -2.16. The Hall–Kier alpha value is -3.47. The van der Waals surface area contributed by atoms with Crippen molar-refractivity contribution >= 4 is 23.2 Å². The van der Waals surface area contributed by atoms with Gasteiger partial charge in [0.25, 0.3) is 11.8 Å². The van der Waals surface area contributed by atoms with E-state index in [0.717, 1.165) is 24.2 Å². The molecule has 0 unspecified atom stereocenters. The Morgan fingerprint density at radius 1 is 0.647 bits per heavy atom. The van der Waals surface area contributed by atoms with Crippen LogP contribution in [0.25, 0.3) is 0 Å². The van der Waals surface area contributed by atoms with Crippen LogP contribution in [0.4, 0.5) is 11.4 Å². The molecule has 34 heavy (non-hydrogen) atoms. The van der Waals surface area contributed by atoms with Gasteiger partial charge in [-0.1, -0.05) is 63.8 Å². The van der Waals surface area contributed by atoms with Crippen molar-refractivity contribution in [1.82, 2.24) is 4.98 Å². The number of carbonyl (C=O) groups excluding carboxylic acids is 2. The predicted octanol–water partition coefficient (Wildman–Crippen LogP) is 7.05. The fourth-order valence-corrected chi connectivity index (χ4v) is 3.73. The van der Waals surface area contributed by atoms with Gasteiger partial charge in [0.2, 0.25) is 0 Å². The number of nitrogens with zero attached hydrogens (tertiary/aromatic N) is 1. The summed E-state index contributed by atoms with van der Waals surface area (Å²) >= 11 is 0. The summed E-state index contributed by atoms with van der Waals surface area (Å²) in [6.07, 6.45) is 10.8. The molecule has 2 aromatic carbocycles. The third-order valence-corrected chi connectivity index (χ3v) is 5.82. The smallest absolute Gasteiger partial charge is 0.274 e. The van der Waals surface area contributed by atoms with Gasteiger partial charge in [-0.15, -0.1) is 0 Å². The molecular weight excluding hydrogens is 422 g/mol. The Kier molecular flexibility index (Phi) is 9.83. The van der Waals surface area contributed by atoms with Crippen LogP contribution in [0.1, 0.15) is 84.3 Å². The van der Waals surface area contributed by atoms with Crippen molar-refractivity contribution in [2.45, 2.75) is 65.2 Å². The molecule has 1 heterocycles. The largest absolute Gasteiger partial charge is 0.322 e. The normalized spacial score (nSPS) is 10.6. The number of hydrogen-bond acceptors (Lipinski definition) is 3. The second-order valence-corrected chi connectivity index (χ2v) is 8.65. The van der Waals surface area contributed by atoms with Gasteiger partial charge >= 0.3 is 0 Å². The molecule has 0 aliphatic heterocycles. The molecule has 1 aromatic heterocycles. The van der Waals surface area contributed by atoms with Crippen molar-refractivity contribution in [1.29, 1.82) is 0 Å². The molecule has 0 spiro atoms. The Labute approximate surface area is 203 Å². The van der Waals surface area contributed by atoms with Gasteiger partial charge in [0.05, 0.1) is 5.56 Å². The fraction of sp³-hybridized carbons (Fsp3) is 0.345. The lowest BCUT2D eigenvalue weighted by molar-refractivity contribution is 0.101. The molecule has 0 atom stereocenters. The standard InChI is InChI=1S/C29H35N3O2/c1-3-5-7-9-22-11-16-25(17-12-22)31-28(33)24-15-20-27(30-21-24)29(34)32-26-18-13-23(14-19-26)10-8-6-4-2/h11-21H,3-10H2,1-2H3,(H,31,33)(H,32,34). The predicted molar refractivity (Wildman–Crippen MR) is 139 cm³/mol. The topological polar surface area (TPSA) is 71.1 Å². The Morgan fingerprint density at radius 3 is 1.59 bits per heavy atom. The molecule has 0 aliphatic rings. The maximum absolute atomic E-state index is 12.6. The zero-order chi connectivity index (χ0) is 24.2. The second-order valence-electron chi connectivity index (χ2n) is 8.65. The first-order valence-corrected chi connectivity index (χ1v) is 12.4. The summed E-state index contributed by atoms with van der Waals surface area (Å²) in [7, 11) is 0. The van der Waals surface area contributed by atoms with Gasteiger partial charge in [-0.3, -0.25) is 14.6 Å². The Bertz CT molecular complexity index is 956. The third kappa shape index (κ3) is 7.84. The first-order chi connectivity index (χ1) is 16.6. The Balaban J connectivity index is 1.51. The molecule has 3 rings (SSSR count). The SMILES string of the molecule is CCCCCc1ccc(NC(=O)c2ccc(C(=O)Nc3ccc(CCCCC)cc3)nc2)cc1. The fourth-order valence-electron chi connectivity index (χ4n) is 3.73. The summed E-state index contributed by atoms with van der Waals surface area (Å²) in [4.78, 5) is 29.3. The van der Waals surface area contributed by atoms with Crippen LogP contribution in [0.5, 0.6) is 0 Å². The molecule has 3 aromatic rings. The van der Waals surface area contributed by atoms with Crippen LogP contribution >= 0.6 is 0 Å². The number of hydrogen-bond donors (Lipinski definition) is 2. The van der Waals surface area contributed by atoms with E-state index in [1.165, 1.54) is 55.8 Å². The monoisotopic (exact) mass is 457 g/mol. The van der Waals surface area contributed by atoms with Gasteiger partial charge in [-0.2, -0.15) is 0 Å². The zero-order valence-electron chi connectivity index (χ0n) is 20.3. The summed E-state index contributed by atoms with van der Waals surface area (Å²) in [5, 5.41) is 5.75. The number of rotatable bonds is 12. The van der Waals surface area contributed by atoms with Gasteiger partial charge < -0.3 is 10.6 Å². The molecular formula is C29H35N3O2. The molecule has 178 valence electrons. The number of unbranched alkanes of at least 4 members (excludes halogenated alkanes) is 4. The molecule has 0 radical (unpaired) electrons. The lowest BCUT2D eigenvalue weighted by Gasteiger charge is -2.08. The number of aromatic nitrogens is 1. The minimum absolute atomic E-state index is 0.253. The van der Waals surface area contributed by atoms with Crippen LogP contribution in [0.3, 0.4) is 0 Å². The van der Waals surface area contributed by atoms with Crippen LogP contribution in [0.15, 0.2) is 66.9 Å². The van der Waals surface area contributed by atoms with E-state index in [1.54, 1.807) is 12.1 Å². The quantitative estimate of drug-likeness (QED) is 0.286. The van der Waals surface area contributed by atoms with E-state index in [4.69, 9.17) is 0 Å². The van der Waals surface area contributed by atoms with E-state index in [0.29, 0.717) is 5.56 Å². The van der Waals surface area contributed by atoms with Gasteiger partial charge in [0.1, 0.15) is 5.69 Å². The average Bonchev–Trinajstić information content (AvgIpc) is 2.86. The van der Waals surface area contributed by atoms with E-state index in [9.17, 15) is 9.59 Å². The molecule has 5 heteroatoms. The molecule has 2 N–H and O–H groups in total. The average molecular weight is 458 g/mol. The molecule has 0 fully saturated rings. The summed E-state index contributed by atoms with van der Waals surface area (Å²) < 4.78 is 0. The van der Waals surface area contributed by atoms with Crippen molar-refractivity contribution in [3.63, 3.8) is 0 Å². The maximum atomic E-state index is 12.6. The van der Waals surface area contributed by atoms with Crippen molar-refractivity contribution < 1.29 is 9.59 Å². The van der Waals surface area contributed by atoms with Crippen LogP contribution in [0.2, 0.25) is 0 Å². The zero-order valence-corrected chi connectivity index (χ0v) is 20.3. The first kappa shape index (κ1) is 25.2. The van der Waals surface area contributed by atoms with Gasteiger partial charge in [-0.25, -0.2) is 0 Å². The van der Waals surface area contributed by atoms with E-state index >= 15 is 0 Å². The molecule has 0 bridgehead atoms. The van der Waals surface area contributed by atoms with Crippen molar-refractivity contribution in [3.8, 4) is 0 Å². The van der Waals surface area contributed by atoms with Crippen LogP contribution in [-0.2, 0) is 12.8 Å². The number of pyridine rings is 1. The summed E-state index contributed by atoms with van der Waals surface area (Å²) in [5.41, 5.74) is 4.68. The molecule has 2 amide bonds. The second kappa shape index (κ2) is 13.3. The number of carbonyl (C=O) groups is 2. The number of anilines is 2. The van der Waals surface area contributed by atoms with Crippen molar-refractivity contribution in [2.75, 3.05) is 10.6 Å². The van der Waals surface area contributed by atoms with Crippen LogP contribution in [0, 0.1) is 0 Å². The minimum atomic E-state index is -0.302. The van der Waals surface area contributed by atoms with Gasteiger partial charge in [0, 0.05) is 17.6 Å². The highest BCUT2D eigenvalue weighted by Gasteiger charge is 2.11. The molecule has 0 saturated carbocycles. The van der Waals surface area contributed by atoms with Crippen LogP contribution in [-0.4, -0.2) is 16.8 Å². The number of benzene rings is 2. The van der Waals surface area contributed by atoms with E-state index in [2.05, 4.69) is 41.6 Å². The number of aryl methyl sites for hydroxylation is 2. The molecule has 0 saturated heterocycles. The lowest BCUT2D eigenvalue weighted by atomic mass is 10.1. The third-order valence-electron chi connectivity index (χ3n) is 5.82. The van der Waals surface area contributed by atoms with Gasteiger partial charge in [0.15, 0.2) is 0 Å². The highest BCUT2D eigenvalue weighted by molar-refractivity contribution is 6.06. The highest BCUT2D eigenvalue weighted by atomic mass is 16.2. The number of nitrogens with one attached hydrogen (secondary N) is 2. The summed E-state index contributed by atoms with van der Waals surface area (Å²) in [5.74, 6) is -0.554. The minimum Gasteiger partial charge on any atom is -0.322 e.